The monoisotopic (exact) mass is 416 g/mol. The van der Waals surface area contributed by atoms with Gasteiger partial charge in [0.05, 0.1) is 23.5 Å². The van der Waals surface area contributed by atoms with E-state index in [4.69, 9.17) is 9.47 Å². The van der Waals surface area contributed by atoms with E-state index in [0.717, 1.165) is 30.0 Å². The van der Waals surface area contributed by atoms with Crippen molar-refractivity contribution in [3.8, 4) is 11.5 Å². The van der Waals surface area contributed by atoms with Gasteiger partial charge in [-0.15, -0.1) is 0 Å². The van der Waals surface area contributed by atoms with E-state index in [2.05, 4.69) is 17.2 Å². The van der Waals surface area contributed by atoms with Crippen molar-refractivity contribution >= 4 is 17.3 Å². The van der Waals surface area contributed by atoms with Gasteiger partial charge in [0.25, 0.3) is 0 Å². The van der Waals surface area contributed by atoms with Crippen molar-refractivity contribution in [2.24, 2.45) is 10.2 Å². The van der Waals surface area contributed by atoms with Gasteiger partial charge in [0.2, 0.25) is 0 Å². The van der Waals surface area contributed by atoms with Crippen LogP contribution < -0.4 is 9.47 Å². The molecule has 0 unspecified atom stereocenters. The van der Waals surface area contributed by atoms with Crippen LogP contribution in [0.2, 0.25) is 0 Å². The van der Waals surface area contributed by atoms with Crippen LogP contribution in [-0.2, 0) is 0 Å². The summed E-state index contributed by atoms with van der Waals surface area (Å²) < 4.78 is 11.1. The second kappa shape index (κ2) is 11.6. The molecule has 0 aromatic heterocycles. The molecule has 0 aliphatic heterocycles. The topological polar surface area (TPSA) is 60.3 Å². The average Bonchev–Trinajstić information content (AvgIpc) is 2.80. The van der Waals surface area contributed by atoms with Crippen molar-refractivity contribution in [2.45, 2.75) is 39.5 Å². The number of hydrogen-bond acceptors (Lipinski definition) is 5. The maximum absolute atomic E-state index is 12.2. The maximum Gasteiger partial charge on any atom is 0.343 e. The van der Waals surface area contributed by atoms with E-state index in [0.29, 0.717) is 17.0 Å². The summed E-state index contributed by atoms with van der Waals surface area (Å²) in [6.07, 6.45) is 4.75. The summed E-state index contributed by atoms with van der Waals surface area (Å²) >= 11 is 0. The van der Waals surface area contributed by atoms with Crippen LogP contribution in [-0.4, -0.2) is 12.6 Å². The highest BCUT2D eigenvalue weighted by Crippen LogP contribution is 2.23. The first kappa shape index (κ1) is 22.2. The van der Waals surface area contributed by atoms with Crippen molar-refractivity contribution in [3.63, 3.8) is 0 Å². The van der Waals surface area contributed by atoms with Gasteiger partial charge in [-0.05, 0) is 74.0 Å². The number of carbonyl (C=O) groups is 1. The minimum absolute atomic E-state index is 0.387. The Bertz CT molecular complexity index is 979. The van der Waals surface area contributed by atoms with Gasteiger partial charge in [-0.25, -0.2) is 4.79 Å². The van der Waals surface area contributed by atoms with Gasteiger partial charge >= 0.3 is 5.97 Å². The van der Waals surface area contributed by atoms with Crippen molar-refractivity contribution in [3.05, 3.63) is 83.9 Å². The van der Waals surface area contributed by atoms with Gasteiger partial charge in [0.15, 0.2) is 0 Å². The molecule has 3 aromatic carbocycles. The number of benzene rings is 3. The fraction of sp³-hybridized carbons (Fsp3) is 0.269. The molecule has 160 valence electrons. The molecule has 0 N–H and O–H groups in total. The molecule has 0 saturated carbocycles. The molecule has 0 bridgehead atoms. The normalized spacial score (nSPS) is 10.9. The average molecular weight is 417 g/mol. The first-order chi connectivity index (χ1) is 15.1. The van der Waals surface area contributed by atoms with Crippen LogP contribution in [0.3, 0.4) is 0 Å². The summed E-state index contributed by atoms with van der Waals surface area (Å²) in [6, 6.07) is 21.8. The molecule has 0 atom stereocenters. The number of aryl methyl sites for hydroxylation is 1. The number of unbranched alkanes of at least 4 members (excludes halogenated alkanes) is 3. The van der Waals surface area contributed by atoms with Crippen LogP contribution >= 0.6 is 0 Å². The summed E-state index contributed by atoms with van der Waals surface area (Å²) in [6.45, 7) is 4.91. The van der Waals surface area contributed by atoms with Gasteiger partial charge in [-0.2, -0.15) is 10.2 Å². The van der Waals surface area contributed by atoms with Crippen molar-refractivity contribution < 1.29 is 14.3 Å². The van der Waals surface area contributed by atoms with Gasteiger partial charge in [-0.3, -0.25) is 0 Å². The Morgan fingerprint density at radius 3 is 1.90 bits per heavy atom. The minimum atomic E-state index is -0.387. The van der Waals surface area contributed by atoms with Crippen LogP contribution in [0.5, 0.6) is 11.5 Å². The lowest BCUT2D eigenvalue weighted by Crippen LogP contribution is -2.08. The number of esters is 1. The predicted octanol–water partition coefficient (Wildman–Crippen LogP) is 7.59. The number of hydrogen-bond donors (Lipinski definition) is 0. The Hall–Kier alpha value is -3.47. The molecule has 0 fully saturated rings. The first-order valence-corrected chi connectivity index (χ1v) is 10.7. The van der Waals surface area contributed by atoms with Crippen LogP contribution in [0.1, 0.15) is 48.5 Å². The van der Waals surface area contributed by atoms with E-state index in [-0.39, 0.29) is 5.97 Å². The molecule has 0 aliphatic carbocycles. The zero-order valence-electron chi connectivity index (χ0n) is 18.1. The lowest BCUT2D eigenvalue weighted by molar-refractivity contribution is 0.0735. The Balaban J connectivity index is 1.49. The fourth-order valence-electron chi connectivity index (χ4n) is 2.88. The number of ether oxygens (including phenoxy) is 2. The predicted molar refractivity (Wildman–Crippen MR) is 123 cm³/mol. The highest BCUT2D eigenvalue weighted by molar-refractivity contribution is 5.91. The molecule has 31 heavy (non-hydrogen) atoms. The van der Waals surface area contributed by atoms with E-state index < -0.39 is 0 Å². The number of azo groups is 1. The molecule has 3 aromatic rings. The molecular weight excluding hydrogens is 388 g/mol. The molecule has 0 aliphatic rings. The molecule has 0 spiro atoms. The third-order valence-electron chi connectivity index (χ3n) is 4.72. The van der Waals surface area contributed by atoms with Crippen LogP contribution in [0, 0.1) is 6.92 Å². The lowest BCUT2D eigenvalue weighted by Gasteiger charge is -2.06. The van der Waals surface area contributed by atoms with Crippen molar-refractivity contribution in [2.75, 3.05) is 6.61 Å². The molecule has 5 heteroatoms. The zero-order chi connectivity index (χ0) is 21.9. The van der Waals surface area contributed by atoms with E-state index in [1.165, 1.54) is 19.3 Å². The third-order valence-corrected chi connectivity index (χ3v) is 4.72. The van der Waals surface area contributed by atoms with Crippen molar-refractivity contribution in [1.29, 1.82) is 0 Å². The minimum Gasteiger partial charge on any atom is -0.494 e. The molecular formula is C26H28N2O3. The Morgan fingerprint density at radius 1 is 0.742 bits per heavy atom. The Morgan fingerprint density at radius 2 is 1.32 bits per heavy atom. The van der Waals surface area contributed by atoms with Crippen molar-refractivity contribution in [1.82, 2.24) is 0 Å². The summed E-state index contributed by atoms with van der Waals surface area (Å²) in [7, 11) is 0. The second-order valence-electron chi connectivity index (χ2n) is 7.35. The molecule has 5 nitrogen and oxygen atoms in total. The molecule has 0 heterocycles. The summed E-state index contributed by atoms with van der Waals surface area (Å²) in [5.74, 6) is 0.919. The number of nitrogens with zero attached hydrogens (tertiary/aromatic N) is 2. The quantitative estimate of drug-likeness (QED) is 0.148. The maximum atomic E-state index is 12.2. The van der Waals surface area contributed by atoms with Crippen LogP contribution in [0.15, 0.2) is 83.0 Å². The standard InChI is InChI=1S/C26H28N2O3/c1-3-4-5-6-19-30-24-15-11-22(12-16-24)27-28-23-13-17-25(18-14-23)31-26(29)21-9-7-20(2)8-10-21/h7-18H,3-6,19H2,1-2H3. The van der Waals surface area contributed by atoms with Gasteiger partial charge in [-0.1, -0.05) is 43.9 Å². The fourth-order valence-corrected chi connectivity index (χ4v) is 2.88. The molecule has 0 amide bonds. The number of carbonyl (C=O) groups excluding carboxylic acids is 1. The number of rotatable bonds is 10. The smallest absolute Gasteiger partial charge is 0.343 e. The van der Waals surface area contributed by atoms with Gasteiger partial charge in [0, 0.05) is 0 Å². The summed E-state index contributed by atoms with van der Waals surface area (Å²) in [5, 5.41) is 8.48. The van der Waals surface area contributed by atoms with E-state index in [9.17, 15) is 4.79 Å². The van der Waals surface area contributed by atoms with E-state index in [1.54, 1.807) is 36.4 Å². The van der Waals surface area contributed by atoms with E-state index >= 15 is 0 Å². The Labute approximate surface area is 183 Å². The van der Waals surface area contributed by atoms with Gasteiger partial charge < -0.3 is 9.47 Å². The Kier molecular flexibility index (Phi) is 8.35. The van der Waals surface area contributed by atoms with Crippen LogP contribution in [0.25, 0.3) is 0 Å². The molecule has 0 radical (unpaired) electrons. The molecule has 3 rings (SSSR count). The zero-order valence-corrected chi connectivity index (χ0v) is 18.1. The van der Waals surface area contributed by atoms with Crippen LogP contribution in [0.4, 0.5) is 11.4 Å². The SMILES string of the molecule is CCCCCCOc1ccc(N=Nc2ccc(OC(=O)c3ccc(C)cc3)cc2)cc1. The molecule has 0 saturated heterocycles. The summed E-state index contributed by atoms with van der Waals surface area (Å²) in [4.78, 5) is 12.2. The highest BCUT2D eigenvalue weighted by atomic mass is 16.5. The van der Waals surface area contributed by atoms with Gasteiger partial charge in [0.1, 0.15) is 11.5 Å². The second-order valence-corrected chi connectivity index (χ2v) is 7.35. The first-order valence-electron chi connectivity index (χ1n) is 10.7. The van der Waals surface area contributed by atoms with E-state index in [1.807, 2.05) is 43.3 Å². The summed E-state index contributed by atoms with van der Waals surface area (Å²) in [5.41, 5.74) is 3.03. The largest absolute Gasteiger partial charge is 0.494 e. The lowest BCUT2D eigenvalue weighted by atomic mass is 10.1. The highest BCUT2D eigenvalue weighted by Gasteiger charge is 2.08. The third kappa shape index (κ3) is 7.37.